The fraction of sp³-hybridized carbons (Fsp3) is 0.417. The van der Waals surface area contributed by atoms with Crippen LogP contribution in [0.3, 0.4) is 0 Å². The van der Waals surface area contributed by atoms with Gasteiger partial charge in [0.05, 0.1) is 10.3 Å². The second kappa shape index (κ2) is 4.57. The smallest absolute Gasteiger partial charge is 0.254 e. The van der Waals surface area contributed by atoms with Crippen LogP contribution in [0.4, 0.5) is 4.53 Å². The van der Waals surface area contributed by atoms with Gasteiger partial charge >= 0.3 is 5.97 Å². The Morgan fingerprint density at radius 2 is 2.05 bits per heavy atom. The third kappa shape index (κ3) is 2.35. The van der Waals surface area contributed by atoms with Crippen LogP contribution in [0.25, 0.3) is 0 Å². The van der Waals surface area contributed by atoms with E-state index in [1.165, 1.54) is 12.1 Å². The van der Waals surface area contributed by atoms with E-state index < -0.39 is 21.4 Å². The molecule has 104 valence electrons. The minimum absolute atomic E-state index is 0.00654. The molecule has 0 bridgehead atoms. The van der Waals surface area contributed by atoms with Crippen molar-refractivity contribution in [2.45, 2.75) is 30.6 Å². The zero-order valence-electron chi connectivity index (χ0n) is 10.3. The molecule has 2 unspecified atom stereocenters. The Morgan fingerprint density at radius 3 is 2.47 bits per heavy atom. The Bertz CT molecular complexity index is 599. The van der Waals surface area contributed by atoms with E-state index in [9.17, 15) is 17.7 Å². The van der Waals surface area contributed by atoms with Crippen molar-refractivity contribution in [1.29, 1.82) is 0 Å². The monoisotopic (exact) mass is 287 g/mol. The summed E-state index contributed by atoms with van der Waals surface area (Å²) < 4.78 is 34.3. The lowest BCUT2D eigenvalue weighted by molar-refractivity contribution is -0.191. The van der Waals surface area contributed by atoms with Crippen molar-refractivity contribution in [3.8, 4) is 0 Å². The van der Waals surface area contributed by atoms with Gasteiger partial charge in [-0.05, 0) is 30.5 Å². The van der Waals surface area contributed by atoms with E-state index in [2.05, 4.69) is 4.94 Å². The molecule has 1 aromatic rings. The first-order chi connectivity index (χ1) is 8.85. The molecule has 1 saturated carbocycles. The highest BCUT2D eigenvalue weighted by Gasteiger charge is 2.61. The maximum Gasteiger partial charge on any atom is 0.355 e. The molecule has 1 fully saturated rings. The van der Waals surface area contributed by atoms with E-state index in [4.69, 9.17) is 5.14 Å². The molecule has 0 saturated heterocycles. The quantitative estimate of drug-likeness (QED) is 0.912. The standard InChI is InChI=1S/C12H14FNO4S/c1-2-12(11(15)18-13)7-10(12)8-3-5-9(6-4-8)19(14,16)17/h3-6,10H,2,7H2,1H3,(H2,14,16,17). The van der Waals surface area contributed by atoms with Gasteiger partial charge in [-0.25, -0.2) is 18.4 Å². The average molecular weight is 287 g/mol. The van der Waals surface area contributed by atoms with Gasteiger partial charge in [0, 0.05) is 10.4 Å². The molecule has 1 aliphatic rings. The lowest BCUT2D eigenvalue weighted by Crippen LogP contribution is -2.17. The van der Waals surface area contributed by atoms with Crippen molar-refractivity contribution in [1.82, 2.24) is 0 Å². The number of carbonyl (C=O) groups is 1. The van der Waals surface area contributed by atoms with Gasteiger partial charge in [-0.1, -0.05) is 19.1 Å². The predicted molar refractivity (Wildman–Crippen MR) is 65.1 cm³/mol. The average Bonchev–Trinajstić information content (AvgIpc) is 3.13. The van der Waals surface area contributed by atoms with Crippen LogP contribution in [0, 0.1) is 5.41 Å². The van der Waals surface area contributed by atoms with E-state index in [0.29, 0.717) is 12.8 Å². The topological polar surface area (TPSA) is 86.5 Å². The second-order valence-corrected chi connectivity index (χ2v) is 6.31. The molecule has 0 aliphatic heterocycles. The fourth-order valence-corrected chi connectivity index (χ4v) is 2.98. The molecule has 0 spiro atoms. The number of hydrogen-bond donors (Lipinski definition) is 1. The summed E-state index contributed by atoms with van der Waals surface area (Å²) in [7, 11) is -3.73. The van der Waals surface area contributed by atoms with Crippen LogP contribution in [-0.2, 0) is 19.8 Å². The molecule has 2 N–H and O–H groups in total. The predicted octanol–water partition coefficient (Wildman–Crippen LogP) is 1.65. The van der Waals surface area contributed by atoms with Gasteiger partial charge in [0.25, 0.3) is 0 Å². The molecular weight excluding hydrogens is 273 g/mol. The van der Waals surface area contributed by atoms with Crippen LogP contribution in [-0.4, -0.2) is 14.4 Å². The molecule has 5 nitrogen and oxygen atoms in total. The molecule has 19 heavy (non-hydrogen) atoms. The van der Waals surface area contributed by atoms with E-state index in [-0.39, 0.29) is 10.8 Å². The van der Waals surface area contributed by atoms with Crippen LogP contribution >= 0.6 is 0 Å². The largest absolute Gasteiger partial charge is 0.355 e. The zero-order valence-corrected chi connectivity index (χ0v) is 11.1. The van der Waals surface area contributed by atoms with Gasteiger partial charge in [0.15, 0.2) is 0 Å². The van der Waals surface area contributed by atoms with E-state index >= 15 is 0 Å². The fourth-order valence-electron chi connectivity index (χ4n) is 2.47. The minimum Gasteiger partial charge on any atom is -0.254 e. The molecule has 2 rings (SSSR count). The Morgan fingerprint density at radius 1 is 1.47 bits per heavy atom. The van der Waals surface area contributed by atoms with Gasteiger partial charge in [-0.2, -0.15) is 0 Å². The van der Waals surface area contributed by atoms with Crippen molar-refractivity contribution in [2.24, 2.45) is 10.6 Å². The summed E-state index contributed by atoms with van der Waals surface area (Å²) in [6, 6.07) is 5.94. The van der Waals surface area contributed by atoms with Gasteiger partial charge < -0.3 is 0 Å². The molecule has 1 aromatic carbocycles. The number of carbonyl (C=O) groups excluding carboxylic acids is 1. The van der Waals surface area contributed by atoms with Crippen LogP contribution in [0.1, 0.15) is 31.2 Å². The number of benzene rings is 1. The molecule has 7 heteroatoms. The molecular formula is C12H14FNO4S. The summed E-state index contributed by atoms with van der Waals surface area (Å²) in [5.41, 5.74) is -0.0441. The number of hydrogen-bond acceptors (Lipinski definition) is 4. The Balaban J connectivity index is 2.24. The number of rotatable bonds is 4. The number of nitrogens with two attached hydrogens (primary N) is 1. The first kappa shape index (κ1) is 14.0. The lowest BCUT2D eigenvalue weighted by atomic mass is 9.96. The Labute approximate surface area is 110 Å². The highest BCUT2D eigenvalue weighted by Crippen LogP contribution is 2.62. The number of primary sulfonamides is 1. The first-order valence-corrected chi connectivity index (χ1v) is 7.35. The van der Waals surface area contributed by atoms with Crippen molar-refractivity contribution in [2.75, 3.05) is 0 Å². The molecule has 2 atom stereocenters. The highest BCUT2D eigenvalue weighted by molar-refractivity contribution is 7.89. The SMILES string of the molecule is CCC1(C(=O)OF)CC1c1ccc(S(N)(=O)=O)cc1. The van der Waals surface area contributed by atoms with Crippen LogP contribution in [0.15, 0.2) is 29.2 Å². The Hall–Kier alpha value is -1.47. The molecule has 0 radical (unpaired) electrons. The summed E-state index contributed by atoms with van der Waals surface area (Å²) in [5, 5.41) is 5.00. The maximum absolute atomic E-state index is 12.1. The van der Waals surface area contributed by atoms with Gasteiger partial charge in [0.1, 0.15) is 0 Å². The normalized spacial score (nSPS) is 25.9. The molecule has 0 aromatic heterocycles. The highest BCUT2D eigenvalue weighted by atomic mass is 32.2. The van der Waals surface area contributed by atoms with E-state index in [1.54, 1.807) is 19.1 Å². The summed E-state index contributed by atoms with van der Waals surface area (Å²) in [6.07, 6.45) is 0.971. The van der Waals surface area contributed by atoms with Crippen LogP contribution in [0.2, 0.25) is 0 Å². The first-order valence-electron chi connectivity index (χ1n) is 5.81. The van der Waals surface area contributed by atoms with Crippen molar-refractivity contribution >= 4 is 16.0 Å². The van der Waals surface area contributed by atoms with E-state index in [1.807, 2.05) is 0 Å². The number of halogens is 1. The van der Waals surface area contributed by atoms with Gasteiger partial charge in [0.2, 0.25) is 10.0 Å². The number of sulfonamides is 1. The molecule has 0 heterocycles. The van der Waals surface area contributed by atoms with Gasteiger partial charge in [-0.15, -0.1) is 0 Å². The van der Waals surface area contributed by atoms with Crippen LogP contribution in [0.5, 0.6) is 0 Å². The van der Waals surface area contributed by atoms with Crippen molar-refractivity contribution in [3.63, 3.8) is 0 Å². The molecule has 1 aliphatic carbocycles. The van der Waals surface area contributed by atoms with Crippen molar-refractivity contribution < 1.29 is 22.7 Å². The lowest BCUT2D eigenvalue weighted by Gasteiger charge is -2.10. The van der Waals surface area contributed by atoms with Crippen LogP contribution < -0.4 is 5.14 Å². The zero-order chi connectivity index (χ0) is 14.3. The third-order valence-corrected chi connectivity index (χ3v) is 4.72. The second-order valence-electron chi connectivity index (χ2n) is 4.75. The summed E-state index contributed by atoms with van der Waals surface area (Å²) in [5.74, 6) is -1.01. The minimum atomic E-state index is -3.73. The summed E-state index contributed by atoms with van der Waals surface area (Å²) >= 11 is 0. The summed E-state index contributed by atoms with van der Waals surface area (Å²) in [4.78, 5) is 14.8. The Kier molecular flexibility index (Phi) is 3.36. The third-order valence-electron chi connectivity index (χ3n) is 3.79. The summed E-state index contributed by atoms with van der Waals surface area (Å²) in [6.45, 7) is 1.79. The molecule has 0 amide bonds. The van der Waals surface area contributed by atoms with E-state index in [0.717, 1.165) is 5.56 Å². The maximum atomic E-state index is 12.1. The van der Waals surface area contributed by atoms with Gasteiger partial charge in [-0.3, -0.25) is 4.94 Å². The van der Waals surface area contributed by atoms with Crippen molar-refractivity contribution in [3.05, 3.63) is 29.8 Å².